The summed E-state index contributed by atoms with van der Waals surface area (Å²) in [6, 6.07) is 7.77. The van der Waals surface area contributed by atoms with Crippen molar-refractivity contribution in [3.05, 3.63) is 42.0 Å². The quantitative estimate of drug-likeness (QED) is 0.246. The minimum Gasteiger partial charge on any atom is -0.478 e. The number of aliphatic carboxylic acids is 1. The first-order valence-electron chi connectivity index (χ1n) is 10.7. The Morgan fingerprint density at radius 2 is 1.27 bits per heavy atom. The van der Waals surface area contributed by atoms with Crippen LogP contribution in [0.1, 0.15) is 102 Å². The van der Waals surface area contributed by atoms with E-state index in [0.29, 0.717) is 0 Å². The zero-order valence-electron chi connectivity index (χ0n) is 16.8. The highest BCUT2D eigenvalue weighted by Crippen LogP contribution is 2.20. The SMILES string of the molecule is C=C(C(=O)O)c1ccccc1CCCCCCCCCCCCCCC. The van der Waals surface area contributed by atoms with Gasteiger partial charge in [0.05, 0.1) is 5.57 Å². The molecule has 0 saturated heterocycles. The van der Waals surface area contributed by atoms with Crippen LogP contribution in [0, 0.1) is 0 Å². The third-order valence-electron chi connectivity index (χ3n) is 5.15. The molecule has 0 bridgehead atoms. The monoisotopic (exact) mass is 358 g/mol. The molecular formula is C24H38O2. The van der Waals surface area contributed by atoms with Crippen molar-refractivity contribution in [3.63, 3.8) is 0 Å². The van der Waals surface area contributed by atoms with E-state index in [9.17, 15) is 4.79 Å². The molecule has 0 amide bonds. The number of hydrogen-bond acceptors (Lipinski definition) is 1. The predicted octanol–water partition coefficient (Wildman–Crippen LogP) is 7.42. The zero-order valence-corrected chi connectivity index (χ0v) is 16.8. The van der Waals surface area contributed by atoms with Gasteiger partial charge < -0.3 is 5.11 Å². The maximum atomic E-state index is 11.1. The Bertz CT molecular complexity index is 519. The molecule has 0 saturated carbocycles. The Morgan fingerprint density at radius 3 is 1.77 bits per heavy atom. The number of rotatable bonds is 16. The molecule has 0 fully saturated rings. The van der Waals surface area contributed by atoms with E-state index in [-0.39, 0.29) is 5.57 Å². The highest BCUT2D eigenvalue weighted by Gasteiger charge is 2.11. The van der Waals surface area contributed by atoms with E-state index >= 15 is 0 Å². The molecule has 1 aromatic carbocycles. The standard InChI is InChI=1S/C24H38O2/c1-3-4-5-6-7-8-9-10-11-12-13-14-15-18-22-19-16-17-20-23(22)21(2)24(25)26/h16-17,19-20H,2-15,18H2,1H3,(H,25,26). The summed E-state index contributed by atoms with van der Waals surface area (Å²) < 4.78 is 0. The Morgan fingerprint density at radius 1 is 0.808 bits per heavy atom. The van der Waals surface area contributed by atoms with Crippen LogP contribution in [-0.2, 0) is 11.2 Å². The molecule has 1 rings (SSSR count). The number of carboxylic acids is 1. The maximum absolute atomic E-state index is 11.1. The molecule has 0 atom stereocenters. The molecule has 0 aliphatic heterocycles. The van der Waals surface area contributed by atoms with Crippen LogP contribution in [0.25, 0.3) is 5.57 Å². The summed E-state index contributed by atoms with van der Waals surface area (Å²) in [6.07, 6.45) is 18.5. The van der Waals surface area contributed by atoms with Gasteiger partial charge in [0.15, 0.2) is 0 Å². The molecule has 0 spiro atoms. The lowest BCUT2D eigenvalue weighted by Gasteiger charge is -2.09. The average molecular weight is 359 g/mol. The van der Waals surface area contributed by atoms with Crippen molar-refractivity contribution < 1.29 is 9.90 Å². The second-order valence-corrected chi connectivity index (χ2v) is 7.43. The van der Waals surface area contributed by atoms with E-state index in [1.165, 1.54) is 77.0 Å². The van der Waals surface area contributed by atoms with Gasteiger partial charge in [0.25, 0.3) is 0 Å². The molecule has 146 valence electrons. The molecule has 0 heterocycles. The van der Waals surface area contributed by atoms with Gasteiger partial charge in [-0.05, 0) is 24.0 Å². The Balaban J connectivity index is 2.05. The van der Waals surface area contributed by atoms with Crippen molar-refractivity contribution in [2.24, 2.45) is 0 Å². The van der Waals surface area contributed by atoms with Crippen molar-refractivity contribution in [2.75, 3.05) is 0 Å². The van der Waals surface area contributed by atoms with Gasteiger partial charge in [-0.15, -0.1) is 0 Å². The highest BCUT2D eigenvalue weighted by atomic mass is 16.4. The van der Waals surface area contributed by atoms with Gasteiger partial charge in [-0.3, -0.25) is 0 Å². The van der Waals surface area contributed by atoms with Crippen molar-refractivity contribution in [2.45, 2.75) is 96.8 Å². The van der Waals surface area contributed by atoms with E-state index in [2.05, 4.69) is 13.5 Å². The van der Waals surface area contributed by atoms with Gasteiger partial charge in [0, 0.05) is 0 Å². The third kappa shape index (κ3) is 9.79. The van der Waals surface area contributed by atoms with E-state index in [1.807, 2.05) is 24.3 Å². The molecule has 2 nitrogen and oxygen atoms in total. The molecule has 1 N–H and O–H groups in total. The molecule has 1 aromatic rings. The normalized spacial score (nSPS) is 10.8. The molecule has 2 heteroatoms. The van der Waals surface area contributed by atoms with Crippen LogP contribution in [0.2, 0.25) is 0 Å². The summed E-state index contributed by atoms with van der Waals surface area (Å²) in [4.78, 5) is 11.1. The van der Waals surface area contributed by atoms with Gasteiger partial charge in [0.2, 0.25) is 0 Å². The lowest BCUT2D eigenvalue weighted by molar-refractivity contribution is -0.130. The number of carbonyl (C=O) groups is 1. The van der Waals surface area contributed by atoms with E-state index in [0.717, 1.165) is 24.0 Å². The van der Waals surface area contributed by atoms with Gasteiger partial charge in [-0.2, -0.15) is 0 Å². The van der Waals surface area contributed by atoms with Crippen molar-refractivity contribution in [3.8, 4) is 0 Å². The van der Waals surface area contributed by atoms with Crippen molar-refractivity contribution in [1.29, 1.82) is 0 Å². The Labute approximate surface area is 160 Å². The van der Waals surface area contributed by atoms with Crippen molar-refractivity contribution >= 4 is 11.5 Å². The van der Waals surface area contributed by atoms with E-state index < -0.39 is 5.97 Å². The number of aryl methyl sites for hydroxylation is 1. The first-order chi connectivity index (χ1) is 12.7. The fourth-order valence-electron chi connectivity index (χ4n) is 3.48. The number of hydrogen-bond donors (Lipinski definition) is 1. The smallest absolute Gasteiger partial charge is 0.335 e. The van der Waals surface area contributed by atoms with Crippen LogP contribution < -0.4 is 0 Å². The van der Waals surface area contributed by atoms with Gasteiger partial charge in [0.1, 0.15) is 0 Å². The van der Waals surface area contributed by atoms with Crippen LogP contribution in [0.5, 0.6) is 0 Å². The summed E-state index contributed by atoms with van der Waals surface area (Å²) in [5.74, 6) is -0.928. The summed E-state index contributed by atoms with van der Waals surface area (Å²) in [5.41, 5.74) is 2.11. The number of unbranched alkanes of at least 4 members (excludes halogenated alkanes) is 12. The maximum Gasteiger partial charge on any atom is 0.335 e. The fraction of sp³-hybridized carbons (Fsp3) is 0.625. The average Bonchev–Trinajstić information content (AvgIpc) is 2.65. The van der Waals surface area contributed by atoms with Crippen LogP contribution >= 0.6 is 0 Å². The highest BCUT2D eigenvalue weighted by molar-refractivity contribution is 6.14. The summed E-state index contributed by atoms with van der Waals surface area (Å²) >= 11 is 0. The lowest BCUT2D eigenvalue weighted by atomic mass is 9.96. The summed E-state index contributed by atoms with van der Waals surface area (Å²) in [5, 5.41) is 9.14. The third-order valence-corrected chi connectivity index (χ3v) is 5.15. The van der Waals surface area contributed by atoms with E-state index in [4.69, 9.17) is 5.11 Å². The zero-order chi connectivity index (χ0) is 19.0. The first kappa shape index (κ1) is 22.5. The molecule has 0 aliphatic rings. The fourth-order valence-corrected chi connectivity index (χ4v) is 3.48. The predicted molar refractivity (Wildman–Crippen MR) is 113 cm³/mol. The van der Waals surface area contributed by atoms with Crippen molar-refractivity contribution in [1.82, 2.24) is 0 Å². The second-order valence-electron chi connectivity index (χ2n) is 7.43. The summed E-state index contributed by atoms with van der Waals surface area (Å²) in [7, 11) is 0. The first-order valence-corrected chi connectivity index (χ1v) is 10.7. The molecule has 0 aromatic heterocycles. The minimum absolute atomic E-state index is 0.204. The number of carboxylic acid groups (broad SMARTS) is 1. The van der Waals surface area contributed by atoms with Gasteiger partial charge in [-0.1, -0.05) is 115 Å². The van der Waals surface area contributed by atoms with Crippen LogP contribution in [0.15, 0.2) is 30.8 Å². The topological polar surface area (TPSA) is 37.3 Å². The van der Waals surface area contributed by atoms with Crippen LogP contribution in [0.4, 0.5) is 0 Å². The van der Waals surface area contributed by atoms with Gasteiger partial charge >= 0.3 is 5.97 Å². The van der Waals surface area contributed by atoms with Crippen LogP contribution in [0.3, 0.4) is 0 Å². The lowest BCUT2D eigenvalue weighted by Crippen LogP contribution is -2.02. The largest absolute Gasteiger partial charge is 0.478 e. The molecule has 0 unspecified atom stereocenters. The molecule has 0 radical (unpaired) electrons. The molecule has 0 aliphatic carbocycles. The van der Waals surface area contributed by atoms with Gasteiger partial charge in [-0.25, -0.2) is 4.79 Å². The summed E-state index contributed by atoms with van der Waals surface area (Å²) in [6.45, 7) is 5.97. The second kappa shape index (κ2) is 14.6. The molecular weight excluding hydrogens is 320 g/mol. The van der Waals surface area contributed by atoms with E-state index in [1.54, 1.807) is 0 Å². The van der Waals surface area contributed by atoms with Crippen LogP contribution in [-0.4, -0.2) is 11.1 Å². The minimum atomic E-state index is -0.928. The molecule has 26 heavy (non-hydrogen) atoms. The Hall–Kier alpha value is -1.57. The number of benzene rings is 1. The Kier molecular flexibility index (Phi) is 12.6.